The van der Waals surface area contributed by atoms with Gasteiger partial charge in [-0.3, -0.25) is 9.59 Å². The van der Waals surface area contributed by atoms with Gasteiger partial charge in [0.1, 0.15) is 0 Å². The van der Waals surface area contributed by atoms with Crippen LogP contribution in [0.15, 0.2) is 0 Å². The molecule has 1 heterocycles. The molecule has 1 unspecified atom stereocenters. The number of nitrogens with one attached hydrogen (secondary N) is 1. The van der Waals surface area contributed by atoms with E-state index < -0.39 is 5.92 Å². The van der Waals surface area contributed by atoms with E-state index in [-0.39, 0.29) is 23.3 Å². The first-order valence-electron chi connectivity index (χ1n) is 5.41. The standard InChI is InChI=1S/C10H17N3O2S/c1-2-7(9(11)16)10(15)13-5-3-4-12-8(14)6-13/h7H,2-6H2,1H3,(H2,11,16)(H,12,14). The zero-order valence-electron chi connectivity index (χ0n) is 9.36. The Bertz CT molecular complexity index is 306. The SMILES string of the molecule is CCC(C(=O)N1CCCNC(=O)C1)C(N)=S. The number of thiocarbonyl (C=S) groups is 1. The lowest BCUT2D eigenvalue weighted by Crippen LogP contribution is -2.44. The average Bonchev–Trinajstić information content (AvgIpc) is 2.43. The van der Waals surface area contributed by atoms with Crippen LogP contribution in [-0.4, -0.2) is 41.3 Å². The van der Waals surface area contributed by atoms with Gasteiger partial charge >= 0.3 is 0 Å². The minimum Gasteiger partial charge on any atom is -0.393 e. The maximum atomic E-state index is 12.0. The largest absolute Gasteiger partial charge is 0.393 e. The topological polar surface area (TPSA) is 75.4 Å². The molecule has 1 atom stereocenters. The van der Waals surface area contributed by atoms with Gasteiger partial charge in [0.15, 0.2) is 0 Å². The maximum absolute atomic E-state index is 12.0. The summed E-state index contributed by atoms with van der Waals surface area (Å²) in [6.07, 6.45) is 1.34. The first kappa shape index (κ1) is 12.9. The number of hydrogen-bond donors (Lipinski definition) is 2. The van der Waals surface area contributed by atoms with E-state index in [0.29, 0.717) is 19.5 Å². The molecule has 1 saturated heterocycles. The van der Waals surface area contributed by atoms with Crippen molar-refractivity contribution in [2.75, 3.05) is 19.6 Å². The predicted octanol–water partition coefficient (Wildman–Crippen LogP) is -0.353. The summed E-state index contributed by atoms with van der Waals surface area (Å²) in [5.41, 5.74) is 5.51. The summed E-state index contributed by atoms with van der Waals surface area (Å²) < 4.78 is 0. The summed E-state index contributed by atoms with van der Waals surface area (Å²) in [7, 11) is 0. The molecule has 2 amide bonds. The third kappa shape index (κ3) is 3.16. The number of nitrogens with zero attached hydrogens (tertiary/aromatic N) is 1. The molecule has 0 radical (unpaired) electrons. The molecule has 0 saturated carbocycles. The van der Waals surface area contributed by atoms with Gasteiger partial charge in [0.2, 0.25) is 11.8 Å². The Labute approximate surface area is 100 Å². The van der Waals surface area contributed by atoms with Crippen LogP contribution >= 0.6 is 12.2 Å². The van der Waals surface area contributed by atoms with Crippen LogP contribution in [0.5, 0.6) is 0 Å². The molecule has 0 aromatic heterocycles. The van der Waals surface area contributed by atoms with Gasteiger partial charge in [0, 0.05) is 13.1 Å². The van der Waals surface area contributed by atoms with E-state index in [0.717, 1.165) is 6.42 Å². The minimum absolute atomic E-state index is 0.109. The van der Waals surface area contributed by atoms with Crippen LogP contribution in [-0.2, 0) is 9.59 Å². The molecule has 90 valence electrons. The van der Waals surface area contributed by atoms with Crippen molar-refractivity contribution in [1.82, 2.24) is 10.2 Å². The highest BCUT2D eigenvalue weighted by atomic mass is 32.1. The summed E-state index contributed by atoms with van der Waals surface area (Å²) in [6, 6.07) is 0. The Morgan fingerprint density at radius 1 is 1.69 bits per heavy atom. The summed E-state index contributed by atoms with van der Waals surface area (Å²) in [6.45, 7) is 3.17. The lowest BCUT2D eigenvalue weighted by molar-refractivity contribution is -0.136. The fourth-order valence-corrected chi connectivity index (χ4v) is 1.98. The maximum Gasteiger partial charge on any atom is 0.239 e. The van der Waals surface area contributed by atoms with E-state index in [1.54, 1.807) is 0 Å². The molecule has 3 N–H and O–H groups in total. The second-order valence-electron chi connectivity index (χ2n) is 3.83. The number of carbonyl (C=O) groups excluding carboxylic acids is 2. The van der Waals surface area contributed by atoms with Gasteiger partial charge in [-0.1, -0.05) is 19.1 Å². The van der Waals surface area contributed by atoms with E-state index in [1.165, 1.54) is 4.90 Å². The van der Waals surface area contributed by atoms with Gasteiger partial charge in [0.05, 0.1) is 17.5 Å². The van der Waals surface area contributed by atoms with Gasteiger partial charge in [-0.05, 0) is 12.8 Å². The third-order valence-electron chi connectivity index (χ3n) is 2.62. The Hall–Kier alpha value is -1.17. The van der Waals surface area contributed by atoms with E-state index in [9.17, 15) is 9.59 Å². The van der Waals surface area contributed by atoms with Crippen molar-refractivity contribution in [2.45, 2.75) is 19.8 Å². The zero-order valence-corrected chi connectivity index (χ0v) is 10.2. The second kappa shape index (κ2) is 5.79. The first-order chi connectivity index (χ1) is 7.56. The van der Waals surface area contributed by atoms with Gasteiger partial charge in [0.25, 0.3) is 0 Å². The lowest BCUT2D eigenvalue weighted by atomic mass is 10.1. The molecule has 0 aromatic carbocycles. The lowest BCUT2D eigenvalue weighted by Gasteiger charge is -2.23. The normalized spacial score (nSPS) is 18.6. The first-order valence-corrected chi connectivity index (χ1v) is 5.82. The molecule has 0 aromatic rings. The van der Waals surface area contributed by atoms with Crippen LogP contribution in [0, 0.1) is 5.92 Å². The third-order valence-corrected chi connectivity index (χ3v) is 2.91. The fraction of sp³-hybridized carbons (Fsp3) is 0.700. The number of amides is 2. The Morgan fingerprint density at radius 3 is 2.94 bits per heavy atom. The molecule has 16 heavy (non-hydrogen) atoms. The van der Waals surface area contributed by atoms with Crippen LogP contribution < -0.4 is 11.1 Å². The molecule has 1 aliphatic heterocycles. The fourth-order valence-electron chi connectivity index (χ4n) is 1.71. The van der Waals surface area contributed by atoms with Crippen molar-refractivity contribution in [3.8, 4) is 0 Å². The molecular formula is C10H17N3O2S. The Balaban J connectivity index is 2.70. The molecule has 5 nitrogen and oxygen atoms in total. The van der Waals surface area contributed by atoms with E-state index in [4.69, 9.17) is 18.0 Å². The van der Waals surface area contributed by atoms with Crippen LogP contribution in [0.4, 0.5) is 0 Å². The highest BCUT2D eigenvalue weighted by Crippen LogP contribution is 2.10. The van der Waals surface area contributed by atoms with Crippen molar-refractivity contribution in [1.29, 1.82) is 0 Å². The summed E-state index contributed by atoms with van der Waals surface area (Å²) in [5.74, 6) is -0.698. The van der Waals surface area contributed by atoms with Gasteiger partial charge < -0.3 is 16.0 Å². The second-order valence-corrected chi connectivity index (χ2v) is 4.30. The van der Waals surface area contributed by atoms with Crippen LogP contribution in [0.1, 0.15) is 19.8 Å². The van der Waals surface area contributed by atoms with Gasteiger partial charge in [-0.25, -0.2) is 0 Å². The summed E-state index contributed by atoms with van der Waals surface area (Å²) in [5, 5.41) is 2.72. The summed E-state index contributed by atoms with van der Waals surface area (Å²) in [4.78, 5) is 25.1. The molecule has 1 fully saturated rings. The Morgan fingerprint density at radius 2 is 2.38 bits per heavy atom. The zero-order chi connectivity index (χ0) is 12.1. The molecule has 0 bridgehead atoms. The molecule has 0 aliphatic carbocycles. The highest BCUT2D eigenvalue weighted by Gasteiger charge is 2.27. The van der Waals surface area contributed by atoms with Gasteiger partial charge in [-0.2, -0.15) is 0 Å². The predicted molar refractivity (Wildman–Crippen MR) is 64.8 cm³/mol. The van der Waals surface area contributed by atoms with E-state index in [2.05, 4.69) is 5.32 Å². The van der Waals surface area contributed by atoms with Crippen LogP contribution in [0.2, 0.25) is 0 Å². The quantitative estimate of drug-likeness (QED) is 0.664. The Kier molecular flexibility index (Phi) is 4.67. The number of nitrogens with two attached hydrogens (primary N) is 1. The number of hydrogen-bond acceptors (Lipinski definition) is 3. The van der Waals surface area contributed by atoms with Crippen LogP contribution in [0.25, 0.3) is 0 Å². The smallest absolute Gasteiger partial charge is 0.239 e. The summed E-state index contributed by atoms with van der Waals surface area (Å²) >= 11 is 4.85. The highest BCUT2D eigenvalue weighted by molar-refractivity contribution is 7.80. The number of rotatable bonds is 3. The van der Waals surface area contributed by atoms with Crippen molar-refractivity contribution < 1.29 is 9.59 Å². The number of carbonyl (C=O) groups is 2. The van der Waals surface area contributed by atoms with Crippen molar-refractivity contribution in [2.24, 2.45) is 11.7 Å². The van der Waals surface area contributed by atoms with E-state index >= 15 is 0 Å². The monoisotopic (exact) mass is 243 g/mol. The molecule has 1 aliphatic rings. The molecular weight excluding hydrogens is 226 g/mol. The molecule has 0 spiro atoms. The van der Waals surface area contributed by atoms with E-state index in [1.807, 2.05) is 6.92 Å². The minimum atomic E-state index is -0.444. The average molecular weight is 243 g/mol. The van der Waals surface area contributed by atoms with Crippen molar-refractivity contribution in [3.05, 3.63) is 0 Å². The van der Waals surface area contributed by atoms with Crippen molar-refractivity contribution >= 4 is 29.0 Å². The molecule has 1 rings (SSSR count). The van der Waals surface area contributed by atoms with Crippen molar-refractivity contribution in [3.63, 3.8) is 0 Å². The van der Waals surface area contributed by atoms with Gasteiger partial charge in [-0.15, -0.1) is 0 Å². The molecule has 6 heteroatoms. The van der Waals surface area contributed by atoms with Crippen LogP contribution in [0.3, 0.4) is 0 Å².